The molecule has 0 N–H and O–H groups in total. The molecule has 0 radical (unpaired) electrons. The van der Waals surface area contributed by atoms with Gasteiger partial charge in [0.15, 0.2) is 15.6 Å². The Morgan fingerprint density at radius 2 is 1.76 bits per heavy atom. The maximum atomic E-state index is 13.0. The SMILES string of the molecule is CS(=O)(=O)c1ccc(C(=O)Cc2ccc(F)c(Cl)c2)cc1. The second-order valence-electron chi connectivity index (χ2n) is 4.64. The van der Waals surface area contributed by atoms with E-state index >= 15 is 0 Å². The first-order valence-electron chi connectivity index (χ1n) is 6.04. The molecule has 0 heterocycles. The lowest BCUT2D eigenvalue weighted by atomic mass is 10.0. The number of carbonyl (C=O) groups is 1. The van der Waals surface area contributed by atoms with Gasteiger partial charge in [-0.15, -0.1) is 0 Å². The molecule has 0 bridgehead atoms. The third-order valence-electron chi connectivity index (χ3n) is 2.95. The number of hydrogen-bond acceptors (Lipinski definition) is 3. The van der Waals surface area contributed by atoms with Gasteiger partial charge < -0.3 is 0 Å². The van der Waals surface area contributed by atoms with Crippen LogP contribution in [0.3, 0.4) is 0 Å². The van der Waals surface area contributed by atoms with Crippen molar-refractivity contribution in [1.82, 2.24) is 0 Å². The van der Waals surface area contributed by atoms with E-state index < -0.39 is 15.7 Å². The van der Waals surface area contributed by atoms with Crippen molar-refractivity contribution < 1.29 is 17.6 Å². The Balaban J connectivity index is 2.18. The Kier molecular flexibility index (Phi) is 4.44. The second-order valence-corrected chi connectivity index (χ2v) is 7.07. The molecule has 2 aromatic rings. The number of ketones is 1. The predicted molar refractivity (Wildman–Crippen MR) is 79.0 cm³/mol. The normalized spacial score (nSPS) is 11.4. The minimum absolute atomic E-state index is 0.0345. The van der Waals surface area contributed by atoms with Crippen LogP contribution in [0.4, 0.5) is 4.39 Å². The summed E-state index contributed by atoms with van der Waals surface area (Å²) in [4.78, 5) is 12.2. The highest BCUT2D eigenvalue weighted by molar-refractivity contribution is 7.90. The molecule has 3 nitrogen and oxygen atoms in total. The molecule has 2 rings (SSSR count). The van der Waals surface area contributed by atoms with Gasteiger partial charge in [0, 0.05) is 18.2 Å². The van der Waals surface area contributed by atoms with Crippen molar-refractivity contribution in [1.29, 1.82) is 0 Å². The van der Waals surface area contributed by atoms with E-state index in [1.807, 2.05) is 0 Å². The number of hydrogen-bond donors (Lipinski definition) is 0. The fourth-order valence-corrected chi connectivity index (χ4v) is 2.66. The first kappa shape index (κ1) is 15.7. The molecular formula is C15H12ClFO3S. The van der Waals surface area contributed by atoms with Gasteiger partial charge in [-0.05, 0) is 29.8 Å². The van der Waals surface area contributed by atoms with Gasteiger partial charge in [-0.3, -0.25) is 4.79 Å². The first-order chi connectivity index (χ1) is 9.77. The smallest absolute Gasteiger partial charge is 0.175 e. The number of rotatable bonds is 4. The van der Waals surface area contributed by atoms with Crippen LogP contribution in [0.2, 0.25) is 5.02 Å². The Morgan fingerprint density at radius 1 is 1.14 bits per heavy atom. The summed E-state index contributed by atoms with van der Waals surface area (Å²) >= 11 is 5.66. The van der Waals surface area contributed by atoms with Crippen molar-refractivity contribution in [3.63, 3.8) is 0 Å². The lowest BCUT2D eigenvalue weighted by molar-refractivity contribution is 0.0993. The number of halogens is 2. The summed E-state index contributed by atoms with van der Waals surface area (Å²) in [6.45, 7) is 0. The summed E-state index contributed by atoms with van der Waals surface area (Å²) in [6.07, 6.45) is 1.17. The molecule has 110 valence electrons. The van der Waals surface area contributed by atoms with E-state index in [0.717, 1.165) is 6.26 Å². The van der Waals surface area contributed by atoms with Gasteiger partial charge in [0.1, 0.15) is 5.82 Å². The lowest BCUT2D eigenvalue weighted by Crippen LogP contribution is -2.05. The van der Waals surface area contributed by atoms with Crippen LogP contribution in [0, 0.1) is 5.82 Å². The quantitative estimate of drug-likeness (QED) is 0.810. The molecule has 0 aliphatic rings. The molecule has 6 heteroatoms. The van der Waals surface area contributed by atoms with Gasteiger partial charge in [0.05, 0.1) is 9.92 Å². The minimum Gasteiger partial charge on any atom is -0.294 e. The van der Waals surface area contributed by atoms with E-state index in [1.54, 1.807) is 0 Å². The Morgan fingerprint density at radius 3 is 2.29 bits per heavy atom. The number of benzene rings is 2. The van der Waals surface area contributed by atoms with E-state index in [9.17, 15) is 17.6 Å². The molecule has 0 aliphatic carbocycles. The molecule has 0 aromatic heterocycles. The summed E-state index contributed by atoms with van der Waals surface area (Å²) in [6, 6.07) is 9.80. The summed E-state index contributed by atoms with van der Waals surface area (Å²) in [7, 11) is -3.28. The maximum absolute atomic E-state index is 13.0. The van der Waals surface area contributed by atoms with Crippen molar-refractivity contribution >= 4 is 27.2 Å². The molecule has 2 aromatic carbocycles. The van der Waals surface area contributed by atoms with Gasteiger partial charge >= 0.3 is 0 Å². The maximum Gasteiger partial charge on any atom is 0.175 e. The highest BCUT2D eigenvalue weighted by Gasteiger charge is 2.11. The number of Topliss-reactive ketones (excluding diaryl/α,β-unsaturated/α-hetero) is 1. The van der Waals surface area contributed by atoms with Crippen LogP contribution in [0.25, 0.3) is 0 Å². The van der Waals surface area contributed by atoms with Crippen molar-refractivity contribution in [2.45, 2.75) is 11.3 Å². The van der Waals surface area contributed by atoms with E-state index in [1.165, 1.54) is 42.5 Å². The third-order valence-corrected chi connectivity index (χ3v) is 4.37. The average Bonchev–Trinajstić information content (AvgIpc) is 2.42. The van der Waals surface area contributed by atoms with Gasteiger partial charge in [-0.1, -0.05) is 29.8 Å². The average molecular weight is 327 g/mol. The Bertz CT molecular complexity index is 783. The number of sulfone groups is 1. The highest BCUT2D eigenvalue weighted by atomic mass is 35.5. The minimum atomic E-state index is -3.28. The summed E-state index contributed by atoms with van der Waals surface area (Å²) < 4.78 is 35.7. The first-order valence-corrected chi connectivity index (χ1v) is 8.31. The zero-order valence-electron chi connectivity index (χ0n) is 11.1. The van der Waals surface area contributed by atoms with Crippen LogP contribution >= 0.6 is 11.6 Å². The molecular weight excluding hydrogens is 315 g/mol. The van der Waals surface area contributed by atoms with E-state index in [-0.39, 0.29) is 22.1 Å². The summed E-state index contributed by atoms with van der Waals surface area (Å²) in [5.41, 5.74) is 0.987. The largest absolute Gasteiger partial charge is 0.294 e. The van der Waals surface area contributed by atoms with Crippen LogP contribution in [-0.2, 0) is 16.3 Å². The van der Waals surface area contributed by atoms with Crippen LogP contribution < -0.4 is 0 Å². The third kappa shape index (κ3) is 3.89. The van der Waals surface area contributed by atoms with Crippen molar-refractivity contribution in [2.75, 3.05) is 6.26 Å². The van der Waals surface area contributed by atoms with Gasteiger partial charge in [0.2, 0.25) is 0 Å². The molecule has 0 atom stereocenters. The van der Waals surface area contributed by atoms with E-state index in [4.69, 9.17) is 11.6 Å². The van der Waals surface area contributed by atoms with Gasteiger partial charge in [0.25, 0.3) is 0 Å². The van der Waals surface area contributed by atoms with Crippen LogP contribution in [-0.4, -0.2) is 20.5 Å². The van der Waals surface area contributed by atoms with Gasteiger partial charge in [-0.2, -0.15) is 0 Å². The molecule has 0 unspecified atom stereocenters. The predicted octanol–water partition coefficient (Wildman–Crippen LogP) is 3.31. The van der Waals surface area contributed by atoms with Crippen LogP contribution in [0.15, 0.2) is 47.4 Å². The van der Waals surface area contributed by atoms with Crippen molar-refractivity contribution in [3.05, 3.63) is 64.4 Å². The van der Waals surface area contributed by atoms with Gasteiger partial charge in [-0.25, -0.2) is 12.8 Å². The van der Waals surface area contributed by atoms with Crippen molar-refractivity contribution in [2.24, 2.45) is 0 Å². The second kappa shape index (κ2) is 5.95. The molecule has 0 amide bonds. The zero-order valence-corrected chi connectivity index (χ0v) is 12.7. The monoisotopic (exact) mass is 326 g/mol. The molecule has 21 heavy (non-hydrogen) atoms. The summed E-state index contributed by atoms with van der Waals surface area (Å²) in [5, 5.41) is -0.0345. The highest BCUT2D eigenvalue weighted by Crippen LogP contribution is 2.18. The van der Waals surface area contributed by atoms with Crippen LogP contribution in [0.5, 0.6) is 0 Å². The van der Waals surface area contributed by atoms with E-state index in [2.05, 4.69) is 0 Å². The van der Waals surface area contributed by atoms with E-state index in [0.29, 0.717) is 11.1 Å². The molecule has 0 saturated carbocycles. The standard InChI is InChI=1S/C15H12ClFO3S/c1-21(19,20)12-5-3-11(4-6-12)15(18)9-10-2-7-14(17)13(16)8-10/h2-8H,9H2,1H3. The lowest BCUT2D eigenvalue weighted by Gasteiger charge is -2.04. The molecule has 0 spiro atoms. The molecule has 0 saturated heterocycles. The molecule has 0 aliphatic heterocycles. The molecule has 0 fully saturated rings. The zero-order chi connectivity index (χ0) is 15.6. The fourth-order valence-electron chi connectivity index (χ4n) is 1.83. The Hall–Kier alpha value is -1.72. The van der Waals surface area contributed by atoms with Crippen LogP contribution in [0.1, 0.15) is 15.9 Å². The van der Waals surface area contributed by atoms with Crippen molar-refractivity contribution in [3.8, 4) is 0 Å². The Labute approximate surface area is 127 Å². The number of carbonyl (C=O) groups excluding carboxylic acids is 1. The summed E-state index contributed by atoms with van der Waals surface area (Å²) in [5.74, 6) is -0.733. The fraction of sp³-hybridized carbons (Fsp3) is 0.133. The topological polar surface area (TPSA) is 51.2 Å².